The quantitative estimate of drug-likeness (QED) is 0.475. The highest BCUT2D eigenvalue weighted by Gasteiger charge is 2.12. The number of hydrogen-bond acceptors (Lipinski definition) is 3. The number of carbonyl (C=O) groups is 1. The topological polar surface area (TPSA) is 67.0 Å². The molecule has 0 fully saturated rings. The number of imidazole rings is 1. The minimum absolute atomic E-state index is 0.0785. The van der Waals surface area contributed by atoms with Crippen LogP contribution in [0.3, 0.4) is 0 Å². The van der Waals surface area contributed by atoms with Crippen molar-refractivity contribution in [2.24, 2.45) is 0 Å². The molecule has 0 bridgehead atoms. The van der Waals surface area contributed by atoms with E-state index >= 15 is 0 Å². The van der Waals surface area contributed by atoms with Gasteiger partial charge in [0.2, 0.25) is 0 Å². The summed E-state index contributed by atoms with van der Waals surface area (Å²) in [5, 5.41) is 2.90. The Hall–Kier alpha value is -3.12. The zero-order chi connectivity index (χ0) is 18.6. The average Bonchev–Trinajstić information content (AvgIpc) is 3.11. The van der Waals surface area contributed by atoms with Gasteiger partial charge in [0.05, 0.1) is 16.7 Å². The normalized spacial score (nSPS) is 10.7. The molecule has 0 aliphatic rings. The molecule has 3 aromatic carbocycles. The molecule has 1 aromatic heterocycles. The fraction of sp³-hybridized carbons (Fsp3) is 0.0476. The van der Waals surface area contributed by atoms with Crippen LogP contribution >= 0.6 is 15.9 Å². The van der Waals surface area contributed by atoms with Gasteiger partial charge in [-0.15, -0.1) is 0 Å². The Labute approximate surface area is 164 Å². The van der Waals surface area contributed by atoms with Gasteiger partial charge in [0, 0.05) is 10.0 Å². The van der Waals surface area contributed by atoms with E-state index in [2.05, 4.69) is 31.2 Å². The number of halogens is 1. The van der Waals surface area contributed by atoms with E-state index in [1.165, 1.54) is 0 Å². The van der Waals surface area contributed by atoms with Crippen molar-refractivity contribution in [2.75, 3.05) is 11.9 Å². The molecule has 134 valence electrons. The predicted molar refractivity (Wildman–Crippen MR) is 110 cm³/mol. The molecule has 4 rings (SSSR count). The molecule has 0 spiro atoms. The lowest BCUT2D eigenvalue weighted by Crippen LogP contribution is -2.20. The van der Waals surface area contributed by atoms with Crippen LogP contribution in [-0.4, -0.2) is 22.5 Å². The van der Waals surface area contributed by atoms with Crippen molar-refractivity contribution < 1.29 is 9.53 Å². The largest absolute Gasteiger partial charge is 0.484 e. The zero-order valence-corrected chi connectivity index (χ0v) is 15.9. The van der Waals surface area contributed by atoms with Gasteiger partial charge >= 0.3 is 0 Å². The summed E-state index contributed by atoms with van der Waals surface area (Å²) < 4.78 is 6.45. The highest BCUT2D eigenvalue weighted by molar-refractivity contribution is 9.10. The van der Waals surface area contributed by atoms with Gasteiger partial charge in [-0.05, 0) is 42.5 Å². The summed E-state index contributed by atoms with van der Waals surface area (Å²) in [6.07, 6.45) is 0. The molecular weight excluding hydrogens is 406 g/mol. The molecule has 0 aliphatic carbocycles. The first-order chi connectivity index (χ1) is 13.2. The second kappa shape index (κ2) is 7.63. The van der Waals surface area contributed by atoms with E-state index in [0.29, 0.717) is 17.3 Å². The Bertz CT molecular complexity index is 1070. The summed E-state index contributed by atoms with van der Waals surface area (Å²) in [5.74, 6) is 1.10. The lowest BCUT2D eigenvalue weighted by molar-refractivity contribution is -0.118. The summed E-state index contributed by atoms with van der Waals surface area (Å²) >= 11 is 3.38. The number of H-pyrrole nitrogens is 1. The molecule has 5 nitrogen and oxygen atoms in total. The van der Waals surface area contributed by atoms with Crippen molar-refractivity contribution in [3.63, 3.8) is 0 Å². The fourth-order valence-corrected chi connectivity index (χ4v) is 3.15. The predicted octanol–water partition coefficient (Wildman–Crippen LogP) is 5.01. The van der Waals surface area contributed by atoms with Crippen molar-refractivity contribution in [1.29, 1.82) is 0 Å². The van der Waals surface area contributed by atoms with Gasteiger partial charge in [-0.25, -0.2) is 4.98 Å². The van der Waals surface area contributed by atoms with Crippen LogP contribution in [-0.2, 0) is 4.79 Å². The van der Waals surface area contributed by atoms with Gasteiger partial charge in [0.15, 0.2) is 6.61 Å². The maximum absolute atomic E-state index is 12.3. The first-order valence-corrected chi connectivity index (χ1v) is 9.21. The monoisotopic (exact) mass is 421 g/mol. The van der Waals surface area contributed by atoms with Crippen molar-refractivity contribution in [2.45, 2.75) is 0 Å². The van der Waals surface area contributed by atoms with E-state index in [-0.39, 0.29) is 12.5 Å². The zero-order valence-electron chi connectivity index (χ0n) is 14.3. The lowest BCUT2D eigenvalue weighted by atomic mass is 10.1. The third-order valence-electron chi connectivity index (χ3n) is 4.01. The molecule has 0 unspecified atom stereocenters. The van der Waals surface area contributed by atoms with Crippen LogP contribution in [0.2, 0.25) is 0 Å². The number of benzene rings is 3. The number of carbonyl (C=O) groups excluding carboxylic acids is 1. The van der Waals surface area contributed by atoms with E-state index in [9.17, 15) is 4.79 Å². The van der Waals surface area contributed by atoms with E-state index in [4.69, 9.17) is 4.74 Å². The first kappa shape index (κ1) is 17.3. The highest BCUT2D eigenvalue weighted by atomic mass is 79.9. The van der Waals surface area contributed by atoms with Gasteiger partial charge in [-0.3, -0.25) is 4.79 Å². The number of amides is 1. The minimum atomic E-state index is -0.237. The molecule has 0 atom stereocenters. The molecule has 0 saturated heterocycles. The molecule has 0 radical (unpaired) electrons. The van der Waals surface area contributed by atoms with E-state index in [0.717, 1.165) is 21.1 Å². The number of nitrogens with zero attached hydrogens (tertiary/aromatic N) is 1. The second-order valence-corrected chi connectivity index (χ2v) is 6.86. The highest BCUT2D eigenvalue weighted by Crippen LogP contribution is 2.27. The molecule has 2 N–H and O–H groups in total. The number of rotatable bonds is 5. The summed E-state index contributed by atoms with van der Waals surface area (Å²) in [4.78, 5) is 20.2. The standard InChI is InChI=1S/C21H16BrN3O2/c22-14-6-5-7-15(12-14)27-13-20(26)23-17-9-2-1-8-16(17)21-24-18-10-3-4-11-19(18)25-21/h1-12H,13H2,(H,23,26)(H,24,25). The minimum Gasteiger partial charge on any atom is -0.484 e. The number of aromatic amines is 1. The van der Waals surface area contributed by atoms with Crippen LogP contribution in [0, 0.1) is 0 Å². The molecule has 0 saturated carbocycles. The third kappa shape index (κ3) is 4.01. The van der Waals surface area contributed by atoms with E-state index in [1.54, 1.807) is 6.07 Å². The Morgan fingerprint density at radius 1 is 1.04 bits per heavy atom. The Kier molecular flexibility index (Phi) is 4.89. The van der Waals surface area contributed by atoms with Crippen LogP contribution in [0.5, 0.6) is 5.75 Å². The number of nitrogens with one attached hydrogen (secondary N) is 2. The number of anilines is 1. The molecule has 6 heteroatoms. The third-order valence-corrected chi connectivity index (χ3v) is 4.50. The lowest BCUT2D eigenvalue weighted by Gasteiger charge is -2.10. The van der Waals surface area contributed by atoms with E-state index < -0.39 is 0 Å². The van der Waals surface area contributed by atoms with Crippen LogP contribution < -0.4 is 10.1 Å². The van der Waals surface area contributed by atoms with Crippen LogP contribution in [0.15, 0.2) is 77.3 Å². The van der Waals surface area contributed by atoms with Crippen molar-refractivity contribution in [1.82, 2.24) is 9.97 Å². The van der Waals surface area contributed by atoms with Crippen molar-refractivity contribution >= 4 is 38.6 Å². The van der Waals surface area contributed by atoms with Crippen LogP contribution in [0.1, 0.15) is 0 Å². The van der Waals surface area contributed by atoms with Gasteiger partial charge in [-0.1, -0.05) is 46.3 Å². The average molecular weight is 422 g/mol. The van der Waals surface area contributed by atoms with Gasteiger partial charge in [-0.2, -0.15) is 0 Å². The Balaban J connectivity index is 1.51. The number of aromatic nitrogens is 2. The van der Waals surface area contributed by atoms with E-state index in [1.807, 2.05) is 66.7 Å². The van der Waals surface area contributed by atoms with Crippen molar-refractivity contribution in [3.05, 3.63) is 77.3 Å². The van der Waals surface area contributed by atoms with Gasteiger partial charge in [0.1, 0.15) is 11.6 Å². The summed E-state index contributed by atoms with van der Waals surface area (Å²) in [5.41, 5.74) is 3.34. The van der Waals surface area contributed by atoms with Crippen LogP contribution in [0.4, 0.5) is 5.69 Å². The maximum atomic E-state index is 12.3. The fourth-order valence-electron chi connectivity index (χ4n) is 2.77. The molecule has 1 heterocycles. The molecule has 27 heavy (non-hydrogen) atoms. The summed E-state index contributed by atoms with van der Waals surface area (Å²) in [6.45, 7) is -0.0785. The summed E-state index contributed by atoms with van der Waals surface area (Å²) in [6, 6.07) is 22.7. The number of hydrogen-bond donors (Lipinski definition) is 2. The van der Waals surface area contributed by atoms with Gasteiger partial charge in [0.25, 0.3) is 5.91 Å². The van der Waals surface area contributed by atoms with Crippen LogP contribution in [0.25, 0.3) is 22.4 Å². The SMILES string of the molecule is O=C(COc1cccc(Br)c1)Nc1ccccc1-c1nc2ccccc2[nH]1. The number of ether oxygens (including phenoxy) is 1. The second-order valence-electron chi connectivity index (χ2n) is 5.94. The molecular formula is C21H16BrN3O2. The number of para-hydroxylation sites is 3. The molecule has 0 aliphatic heterocycles. The molecule has 1 amide bonds. The maximum Gasteiger partial charge on any atom is 0.262 e. The Morgan fingerprint density at radius 2 is 1.85 bits per heavy atom. The van der Waals surface area contributed by atoms with Gasteiger partial charge < -0.3 is 15.0 Å². The number of fused-ring (bicyclic) bond motifs is 1. The smallest absolute Gasteiger partial charge is 0.262 e. The first-order valence-electron chi connectivity index (χ1n) is 8.41. The molecule has 4 aromatic rings. The summed E-state index contributed by atoms with van der Waals surface area (Å²) in [7, 11) is 0. The Morgan fingerprint density at radius 3 is 2.70 bits per heavy atom. The van der Waals surface area contributed by atoms with Crippen molar-refractivity contribution in [3.8, 4) is 17.1 Å².